The van der Waals surface area contributed by atoms with E-state index in [2.05, 4.69) is 30.3 Å². The van der Waals surface area contributed by atoms with Crippen molar-refractivity contribution in [2.75, 3.05) is 13.2 Å². The summed E-state index contributed by atoms with van der Waals surface area (Å²) in [5.41, 5.74) is 1.23. The van der Waals surface area contributed by atoms with Crippen LogP contribution in [0.3, 0.4) is 0 Å². The zero-order chi connectivity index (χ0) is 13.0. The second-order valence-corrected chi connectivity index (χ2v) is 5.07. The highest BCUT2D eigenvalue weighted by Gasteiger charge is 2.38. The van der Waals surface area contributed by atoms with E-state index in [0.717, 1.165) is 19.6 Å². The third-order valence-electron chi connectivity index (χ3n) is 3.57. The highest BCUT2D eigenvalue weighted by molar-refractivity contribution is 5.11. The van der Waals surface area contributed by atoms with Gasteiger partial charge in [0, 0.05) is 19.9 Å². The number of hydrogen-bond donors (Lipinski definition) is 1. The third kappa shape index (κ3) is 3.12. The maximum atomic E-state index is 6.00. The van der Waals surface area contributed by atoms with Crippen LogP contribution in [-0.4, -0.2) is 29.0 Å². The molecule has 0 aliphatic heterocycles. The number of ether oxygens (including phenoxy) is 1. The standard InChI is InChI=1S/C14H25N3O/c1-4-9-15-13(12-8-10-16-17(12)3)14(18-5-2)11-6-7-11/h8,10-11,13-15H,4-7,9H2,1-3H3. The summed E-state index contributed by atoms with van der Waals surface area (Å²) in [6, 6.07) is 2.37. The Labute approximate surface area is 110 Å². The molecule has 2 rings (SSSR count). The van der Waals surface area contributed by atoms with Gasteiger partial charge >= 0.3 is 0 Å². The van der Waals surface area contributed by atoms with Crippen molar-refractivity contribution >= 4 is 0 Å². The second kappa shape index (κ2) is 6.34. The minimum Gasteiger partial charge on any atom is -0.376 e. The minimum absolute atomic E-state index is 0.268. The monoisotopic (exact) mass is 251 g/mol. The summed E-state index contributed by atoms with van der Waals surface area (Å²) >= 11 is 0. The van der Waals surface area contributed by atoms with E-state index in [1.807, 2.05) is 17.9 Å². The molecule has 1 aromatic heterocycles. The van der Waals surface area contributed by atoms with E-state index in [1.54, 1.807) is 0 Å². The van der Waals surface area contributed by atoms with E-state index in [4.69, 9.17) is 4.74 Å². The third-order valence-corrected chi connectivity index (χ3v) is 3.57. The number of rotatable bonds is 8. The van der Waals surface area contributed by atoms with Gasteiger partial charge in [0.05, 0.1) is 17.8 Å². The lowest BCUT2D eigenvalue weighted by atomic mass is 10.0. The fourth-order valence-corrected chi connectivity index (χ4v) is 2.50. The molecule has 18 heavy (non-hydrogen) atoms. The van der Waals surface area contributed by atoms with Crippen LogP contribution in [0.25, 0.3) is 0 Å². The molecule has 1 aromatic rings. The van der Waals surface area contributed by atoms with Gasteiger partial charge in [0.15, 0.2) is 0 Å². The van der Waals surface area contributed by atoms with Gasteiger partial charge in [-0.1, -0.05) is 6.92 Å². The first-order valence-corrected chi connectivity index (χ1v) is 7.10. The average Bonchev–Trinajstić information content (AvgIpc) is 3.12. The molecule has 1 heterocycles. The summed E-state index contributed by atoms with van der Waals surface area (Å²) in [6.07, 6.45) is 5.89. The predicted octanol–water partition coefficient (Wildman–Crippen LogP) is 2.28. The van der Waals surface area contributed by atoms with Crippen LogP contribution in [0.2, 0.25) is 0 Å². The Balaban J connectivity index is 2.14. The first-order valence-electron chi connectivity index (χ1n) is 7.10. The van der Waals surface area contributed by atoms with Crippen LogP contribution in [0.15, 0.2) is 12.3 Å². The van der Waals surface area contributed by atoms with Gasteiger partial charge in [-0.05, 0) is 44.7 Å². The average molecular weight is 251 g/mol. The summed E-state index contributed by atoms with van der Waals surface area (Å²) in [7, 11) is 2.01. The van der Waals surface area contributed by atoms with Crippen molar-refractivity contribution in [1.29, 1.82) is 0 Å². The Bertz CT molecular complexity index is 360. The SMILES string of the molecule is CCCNC(c1ccnn1C)C(OCC)C1CC1. The second-order valence-electron chi connectivity index (χ2n) is 5.07. The van der Waals surface area contributed by atoms with E-state index < -0.39 is 0 Å². The highest BCUT2D eigenvalue weighted by atomic mass is 16.5. The Kier molecular flexibility index (Phi) is 4.78. The van der Waals surface area contributed by atoms with Gasteiger partial charge in [0.2, 0.25) is 0 Å². The summed E-state index contributed by atoms with van der Waals surface area (Å²) in [6.45, 7) is 6.07. The van der Waals surface area contributed by atoms with Crippen LogP contribution in [0.5, 0.6) is 0 Å². The molecule has 0 spiro atoms. The first kappa shape index (κ1) is 13.6. The summed E-state index contributed by atoms with van der Waals surface area (Å²) in [4.78, 5) is 0. The molecule has 2 atom stereocenters. The quantitative estimate of drug-likeness (QED) is 0.770. The Morgan fingerprint density at radius 2 is 2.28 bits per heavy atom. The molecule has 0 bridgehead atoms. The molecule has 0 saturated heterocycles. The minimum atomic E-state index is 0.268. The number of hydrogen-bond acceptors (Lipinski definition) is 3. The van der Waals surface area contributed by atoms with E-state index in [9.17, 15) is 0 Å². The van der Waals surface area contributed by atoms with Gasteiger partial charge in [0.1, 0.15) is 0 Å². The van der Waals surface area contributed by atoms with Crippen LogP contribution in [0.1, 0.15) is 44.8 Å². The molecule has 0 aromatic carbocycles. The van der Waals surface area contributed by atoms with Crippen LogP contribution in [0.4, 0.5) is 0 Å². The van der Waals surface area contributed by atoms with Crippen LogP contribution in [-0.2, 0) is 11.8 Å². The Morgan fingerprint density at radius 1 is 1.50 bits per heavy atom. The summed E-state index contributed by atoms with van der Waals surface area (Å²) < 4.78 is 7.96. The van der Waals surface area contributed by atoms with E-state index in [1.165, 1.54) is 18.5 Å². The number of nitrogens with one attached hydrogen (secondary N) is 1. The van der Waals surface area contributed by atoms with Crippen LogP contribution < -0.4 is 5.32 Å². The van der Waals surface area contributed by atoms with Gasteiger partial charge in [-0.15, -0.1) is 0 Å². The molecule has 1 saturated carbocycles. The molecule has 102 valence electrons. The van der Waals surface area contributed by atoms with E-state index >= 15 is 0 Å². The first-order chi connectivity index (χ1) is 8.77. The van der Waals surface area contributed by atoms with E-state index in [0.29, 0.717) is 5.92 Å². The molecule has 1 fully saturated rings. The normalized spacial score (nSPS) is 18.8. The fourth-order valence-electron chi connectivity index (χ4n) is 2.50. The lowest BCUT2D eigenvalue weighted by Gasteiger charge is -2.28. The van der Waals surface area contributed by atoms with Crippen LogP contribution in [0, 0.1) is 5.92 Å². The number of nitrogens with zero attached hydrogens (tertiary/aromatic N) is 2. The fraction of sp³-hybridized carbons (Fsp3) is 0.786. The maximum absolute atomic E-state index is 6.00. The van der Waals surface area contributed by atoms with Crippen LogP contribution >= 0.6 is 0 Å². The maximum Gasteiger partial charge on any atom is 0.0812 e. The highest BCUT2D eigenvalue weighted by Crippen LogP contribution is 2.39. The van der Waals surface area contributed by atoms with Crippen molar-refractivity contribution in [2.45, 2.75) is 45.3 Å². The zero-order valence-corrected chi connectivity index (χ0v) is 11.7. The molecule has 4 heteroatoms. The summed E-state index contributed by atoms with van der Waals surface area (Å²) in [5.74, 6) is 0.717. The van der Waals surface area contributed by atoms with Gasteiger partial charge in [-0.3, -0.25) is 4.68 Å². The molecular weight excluding hydrogens is 226 g/mol. The van der Waals surface area contributed by atoms with Crippen molar-refractivity contribution in [3.8, 4) is 0 Å². The molecule has 1 aliphatic rings. The largest absolute Gasteiger partial charge is 0.376 e. The van der Waals surface area contributed by atoms with Gasteiger partial charge in [-0.2, -0.15) is 5.10 Å². The van der Waals surface area contributed by atoms with Crippen molar-refractivity contribution in [3.05, 3.63) is 18.0 Å². The molecule has 0 amide bonds. The zero-order valence-electron chi connectivity index (χ0n) is 11.7. The van der Waals surface area contributed by atoms with Gasteiger partial charge in [0.25, 0.3) is 0 Å². The summed E-state index contributed by atoms with van der Waals surface area (Å²) in [5, 5.41) is 7.92. The topological polar surface area (TPSA) is 39.1 Å². The van der Waals surface area contributed by atoms with Crippen molar-refractivity contribution < 1.29 is 4.74 Å². The Morgan fingerprint density at radius 3 is 2.78 bits per heavy atom. The molecular formula is C14H25N3O. The smallest absolute Gasteiger partial charge is 0.0812 e. The van der Waals surface area contributed by atoms with Crippen molar-refractivity contribution in [2.24, 2.45) is 13.0 Å². The number of aromatic nitrogens is 2. The molecule has 1 N–H and O–H groups in total. The number of aryl methyl sites for hydroxylation is 1. The lowest BCUT2D eigenvalue weighted by molar-refractivity contribution is 0.0166. The van der Waals surface area contributed by atoms with Crippen molar-refractivity contribution in [1.82, 2.24) is 15.1 Å². The van der Waals surface area contributed by atoms with Crippen molar-refractivity contribution in [3.63, 3.8) is 0 Å². The van der Waals surface area contributed by atoms with Gasteiger partial charge < -0.3 is 10.1 Å². The molecule has 0 radical (unpaired) electrons. The van der Waals surface area contributed by atoms with E-state index in [-0.39, 0.29) is 12.1 Å². The Hall–Kier alpha value is -0.870. The molecule has 1 aliphatic carbocycles. The van der Waals surface area contributed by atoms with Gasteiger partial charge in [-0.25, -0.2) is 0 Å². The molecule has 4 nitrogen and oxygen atoms in total. The predicted molar refractivity (Wildman–Crippen MR) is 72.4 cm³/mol. The molecule has 2 unspecified atom stereocenters. The lowest BCUT2D eigenvalue weighted by Crippen LogP contribution is -2.37.